The van der Waals surface area contributed by atoms with Crippen LogP contribution in [0.25, 0.3) is 11.3 Å². The van der Waals surface area contributed by atoms with Gasteiger partial charge in [0.15, 0.2) is 6.61 Å². The van der Waals surface area contributed by atoms with E-state index in [9.17, 15) is 18.4 Å². The molecule has 1 aromatic heterocycles. The van der Waals surface area contributed by atoms with Gasteiger partial charge in [0.05, 0.1) is 11.9 Å². The minimum absolute atomic E-state index is 0.0183. The second kappa shape index (κ2) is 8.22. The molecule has 0 spiro atoms. The van der Waals surface area contributed by atoms with Gasteiger partial charge in [-0.3, -0.25) is 9.89 Å². The van der Waals surface area contributed by atoms with Crippen molar-refractivity contribution in [1.82, 2.24) is 15.5 Å². The molecular weight excluding hydrogens is 356 g/mol. The highest BCUT2D eigenvalue weighted by atomic mass is 19.1. The summed E-state index contributed by atoms with van der Waals surface area (Å²) in [5.41, 5.74) is 1.34. The van der Waals surface area contributed by atoms with Crippen molar-refractivity contribution in [2.24, 2.45) is 0 Å². The summed E-state index contributed by atoms with van der Waals surface area (Å²) < 4.78 is 31.5. The molecule has 0 bridgehead atoms. The number of hydrogen-bond acceptors (Lipinski definition) is 4. The van der Waals surface area contributed by atoms with Crippen molar-refractivity contribution in [3.63, 3.8) is 0 Å². The molecule has 3 aromatic rings. The van der Waals surface area contributed by atoms with Crippen molar-refractivity contribution < 1.29 is 23.1 Å². The molecule has 0 aliphatic carbocycles. The van der Waals surface area contributed by atoms with Crippen LogP contribution >= 0.6 is 0 Å². The molecule has 2 N–H and O–H groups in total. The van der Waals surface area contributed by atoms with Crippen LogP contribution in [0.3, 0.4) is 0 Å². The second-order valence-electron chi connectivity index (χ2n) is 5.61. The molecule has 2 aromatic carbocycles. The van der Waals surface area contributed by atoms with Gasteiger partial charge in [0.2, 0.25) is 0 Å². The van der Waals surface area contributed by atoms with E-state index in [4.69, 9.17) is 4.74 Å². The summed E-state index contributed by atoms with van der Waals surface area (Å²) in [6.45, 7) is -0.545. The van der Waals surface area contributed by atoms with Crippen molar-refractivity contribution in [2.75, 3.05) is 6.61 Å². The van der Waals surface area contributed by atoms with Gasteiger partial charge in [0.1, 0.15) is 17.2 Å². The number of rotatable bonds is 6. The number of esters is 1. The van der Waals surface area contributed by atoms with Crippen LogP contribution in [0.4, 0.5) is 8.78 Å². The minimum Gasteiger partial charge on any atom is -0.452 e. The number of amides is 1. The Morgan fingerprint density at radius 1 is 1.07 bits per heavy atom. The molecule has 3 rings (SSSR count). The summed E-state index contributed by atoms with van der Waals surface area (Å²) in [4.78, 5) is 24.0. The fraction of sp³-hybridized carbons (Fsp3) is 0.105. The molecular formula is C19H15F2N3O3. The lowest BCUT2D eigenvalue weighted by Gasteiger charge is -2.08. The van der Waals surface area contributed by atoms with E-state index in [-0.39, 0.29) is 12.1 Å². The Kier molecular flexibility index (Phi) is 5.55. The molecule has 0 unspecified atom stereocenters. The van der Waals surface area contributed by atoms with Crippen LogP contribution in [0.15, 0.2) is 54.7 Å². The summed E-state index contributed by atoms with van der Waals surface area (Å²) in [6, 6.07) is 11.5. The Morgan fingerprint density at radius 2 is 1.81 bits per heavy atom. The van der Waals surface area contributed by atoms with E-state index in [1.165, 1.54) is 36.5 Å². The largest absolute Gasteiger partial charge is 0.452 e. The van der Waals surface area contributed by atoms with E-state index in [2.05, 4.69) is 15.5 Å². The Morgan fingerprint density at radius 3 is 2.56 bits per heavy atom. The van der Waals surface area contributed by atoms with Crippen LogP contribution in [0.2, 0.25) is 0 Å². The number of nitrogens with zero attached hydrogens (tertiary/aromatic N) is 1. The SMILES string of the molecule is O=C(COC(=O)c1cn[nH]c1-c1ccc(F)cc1)NCc1ccccc1F. The zero-order valence-corrected chi connectivity index (χ0v) is 14.0. The standard InChI is InChI=1S/C19H15F2N3O3/c20-14-7-5-12(6-8-14)18-15(10-23-24-18)19(26)27-11-17(25)22-9-13-3-1-2-4-16(13)21/h1-8,10H,9,11H2,(H,22,25)(H,23,24). The maximum absolute atomic E-state index is 13.5. The maximum atomic E-state index is 13.5. The topological polar surface area (TPSA) is 84.1 Å². The number of H-pyrrole nitrogens is 1. The number of carbonyl (C=O) groups excluding carboxylic acids is 2. The quantitative estimate of drug-likeness (QED) is 0.653. The molecule has 0 fully saturated rings. The number of hydrogen-bond donors (Lipinski definition) is 2. The van der Waals surface area contributed by atoms with Gasteiger partial charge in [0, 0.05) is 17.7 Å². The summed E-state index contributed by atoms with van der Waals surface area (Å²) >= 11 is 0. The van der Waals surface area contributed by atoms with Crippen molar-refractivity contribution in [3.05, 3.63) is 77.5 Å². The van der Waals surface area contributed by atoms with E-state index in [1.54, 1.807) is 18.2 Å². The van der Waals surface area contributed by atoms with Gasteiger partial charge < -0.3 is 10.1 Å². The molecule has 0 aliphatic rings. The van der Waals surface area contributed by atoms with Crippen LogP contribution in [0.5, 0.6) is 0 Å². The third-order valence-electron chi connectivity index (χ3n) is 3.76. The van der Waals surface area contributed by atoms with E-state index in [0.29, 0.717) is 16.8 Å². The zero-order chi connectivity index (χ0) is 19.2. The first kappa shape index (κ1) is 18.2. The van der Waals surface area contributed by atoms with Crippen molar-refractivity contribution in [3.8, 4) is 11.3 Å². The van der Waals surface area contributed by atoms with Crippen LogP contribution < -0.4 is 5.32 Å². The first-order valence-corrected chi connectivity index (χ1v) is 8.01. The van der Waals surface area contributed by atoms with Crippen molar-refractivity contribution >= 4 is 11.9 Å². The first-order chi connectivity index (χ1) is 13.0. The van der Waals surface area contributed by atoms with E-state index in [0.717, 1.165) is 0 Å². The van der Waals surface area contributed by atoms with Crippen LogP contribution in [0, 0.1) is 11.6 Å². The number of nitrogens with one attached hydrogen (secondary N) is 2. The van der Waals surface area contributed by atoms with Crippen LogP contribution in [-0.2, 0) is 16.1 Å². The normalized spacial score (nSPS) is 10.4. The number of ether oxygens (including phenoxy) is 1. The second-order valence-corrected chi connectivity index (χ2v) is 5.61. The average Bonchev–Trinajstić information content (AvgIpc) is 3.16. The predicted octanol–water partition coefficient (Wildman–Crippen LogP) is 2.83. The Hall–Kier alpha value is -3.55. The van der Waals surface area contributed by atoms with Crippen LogP contribution in [-0.4, -0.2) is 28.7 Å². The number of aromatic amines is 1. The van der Waals surface area contributed by atoms with E-state index in [1.807, 2.05) is 0 Å². The number of aromatic nitrogens is 2. The molecule has 27 heavy (non-hydrogen) atoms. The summed E-state index contributed by atoms with van der Waals surface area (Å²) in [5.74, 6) is -2.17. The lowest BCUT2D eigenvalue weighted by atomic mass is 10.1. The van der Waals surface area contributed by atoms with Gasteiger partial charge in [-0.15, -0.1) is 0 Å². The van der Waals surface area contributed by atoms with E-state index < -0.39 is 30.1 Å². The van der Waals surface area contributed by atoms with Gasteiger partial charge in [-0.25, -0.2) is 13.6 Å². The van der Waals surface area contributed by atoms with Gasteiger partial charge in [-0.1, -0.05) is 18.2 Å². The highest BCUT2D eigenvalue weighted by Gasteiger charge is 2.18. The monoisotopic (exact) mass is 371 g/mol. The fourth-order valence-corrected chi connectivity index (χ4v) is 2.37. The number of halogens is 2. The maximum Gasteiger partial charge on any atom is 0.342 e. The van der Waals surface area contributed by atoms with Crippen molar-refractivity contribution in [2.45, 2.75) is 6.54 Å². The lowest BCUT2D eigenvalue weighted by molar-refractivity contribution is -0.124. The average molecular weight is 371 g/mol. The Labute approximate surface area is 153 Å². The molecule has 0 radical (unpaired) electrons. The molecule has 1 amide bonds. The molecule has 1 heterocycles. The number of benzene rings is 2. The predicted molar refractivity (Wildman–Crippen MR) is 92.5 cm³/mol. The molecule has 0 saturated heterocycles. The van der Waals surface area contributed by atoms with Gasteiger partial charge >= 0.3 is 5.97 Å². The lowest BCUT2D eigenvalue weighted by Crippen LogP contribution is -2.28. The minimum atomic E-state index is -0.760. The molecule has 6 nitrogen and oxygen atoms in total. The van der Waals surface area contributed by atoms with Crippen molar-refractivity contribution in [1.29, 1.82) is 0 Å². The molecule has 0 saturated carbocycles. The summed E-state index contributed by atoms with van der Waals surface area (Å²) in [5, 5.41) is 8.91. The number of carbonyl (C=O) groups is 2. The highest BCUT2D eigenvalue weighted by Crippen LogP contribution is 2.22. The molecule has 8 heteroatoms. The molecule has 138 valence electrons. The smallest absolute Gasteiger partial charge is 0.342 e. The Balaban J connectivity index is 1.57. The van der Waals surface area contributed by atoms with Gasteiger partial charge in [-0.05, 0) is 30.3 Å². The molecule has 0 atom stereocenters. The fourth-order valence-electron chi connectivity index (χ4n) is 2.37. The van der Waals surface area contributed by atoms with Gasteiger partial charge in [0.25, 0.3) is 5.91 Å². The third kappa shape index (κ3) is 4.55. The third-order valence-corrected chi connectivity index (χ3v) is 3.76. The summed E-state index contributed by atoms with van der Waals surface area (Å²) in [7, 11) is 0. The van der Waals surface area contributed by atoms with E-state index >= 15 is 0 Å². The first-order valence-electron chi connectivity index (χ1n) is 8.01. The molecule has 0 aliphatic heterocycles. The zero-order valence-electron chi connectivity index (χ0n) is 14.0. The van der Waals surface area contributed by atoms with Crippen LogP contribution in [0.1, 0.15) is 15.9 Å². The summed E-state index contributed by atoms with van der Waals surface area (Å²) in [6.07, 6.45) is 1.26. The Bertz CT molecular complexity index is 955. The van der Waals surface area contributed by atoms with Gasteiger partial charge in [-0.2, -0.15) is 5.10 Å². The highest BCUT2D eigenvalue weighted by molar-refractivity contribution is 5.97.